The number of aromatic nitrogens is 1. The fourth-order valence-electron chi connectivity index (χ4n) is 1.66. The minimum atomic E-state index is -0.994. The van der Waals surface area contributed by atoms with E-state index in [2.05, 4.69) is 15.6 Å². The molecule has 1 saturated heterocycles. The van der Waals surface area contributed by atoms with Gasteiger partial charge in [-0.15, -0.1) is 11.3 Å². The highest BCUT2D eigenvalue weighted by molar-refractivity contribution is 7.14. The third-order valence-electron chi connectivity index (χ3n) is 2.68. The molecule has 0 spiro atoms. The standard InChI is InChI=1S/C11H15N3O4S/c1-7(15)13-10-14-8(4-19-10)9(16)12-5-11(17)2-3-18-6-11/h4,17H,2-3,5-6H2,1H3,(H,12,16)(H,13,14,15). The van der Waals surface area contributed by atoms with Crippen LogP contribution in [-0.4, -0.2) is 47.3 Å². The zero-order valence-electron chi connectivity index (χ0n) is 10.4. The normalized spacial score (nSPS) is 22.2. The minimum Gasteiger partial charge on any atom is -0.386 e. The average Bonchev–Trinajstić information content (AvgIpc) is 2.95. The number of carbonyl (C=O) groups is 2. The molecule has 19 heavy (non-hydrogen) atoms. The summed E-state index contributed by atoms with van der Waals surface area (Å²) < 4.78 is 5.08. The number of nitrogens with zero attached hydrogens (tertiary/aromatic N) is 1. The summed E-state index contributed by atoms with van der Waals surface area (Å²) >= 11 is 1.17. The molecule has 1 atom stereocenters. The molecule has 0 radical (unpaired) electrons. The van der Waals surface area contributed by atoms with Gasteiger partial charge in [-0.05, 0) is 0 Å². The molecule has 2 amide bonds. The van der Waals surface area contributed by atoms with E-state index in [-0.39, 0.29) is 30.7 Å². The van der Waals surface area contributed by atoms with Crippen molar-refractivity contribution in [3.8, 4) is 0 Å². The lowest BCUT2D eigenvalue weighted by Gasteiger charge is -2.20. The van der Waals surface area contributed by atoms with Gasteiger partial charge in [0.1, 0.15) is 11.3 Å². The molecule has 1 fully saturated rings. The topological polar surface area (TPSA) is 101 Å². The maximum Gasteiger partial charge on any atom is 0.270 e. The number of ether oxygens (including phenoxy) is 1. The highest BCUT2D eigenvalue weighted by Crippen LogP contribution is 2.18. The molecule has 0 saturated carbocycles. The highest BCUT2D eigenvalue weighted by Gasteiger charge is 2.32. The van der Waals surface area contributed by atoms with E-state index in [4.69, 9.17) is 4.74 Å². The van der Waals surface area contributed by atoms with Crippen molar-refractivity contribution in [3.05, 3.63) is 11.1 Å². The maximum atomic E-state index is 11.8. The van der Waals surface area contributed by atoms with Crippen LogP contribution in [0.1, 0.15) is 23.8 Å². The number of thiazole rings is 1. The van der Waals surface area contributed by atoms with E-state index in [1.807, 2.05) is 0 Å². The van der Waals surface area contributed by atoms with Crippen LogP contribution in [0.3, 0.4) is 0 Å². The van der Waals surface area contributed by atoms with E-state index in [1.165, 1.54) is 18.3 Å². The number of anilines is 1. The summed E-state index contributed by atoms with van der Waals surface area (Å²) in [4.78, 5) is 26.6. The lowest BCUT2D eigenvalue weighted by atomic mass is 10.0. The molecular formula is C11H15N3O4S. The molecule has 1 aliphatic rings. The van der Waals surface area contributed by atoms with Gasteiger partial charge in [0.05, 0.1) is 6.61 Å². The molecule has 1 unspecified atom stereocenters. The van der Waals surface area contributed by atoms with E-state index in [9.17, 15) is 14.7 Å². The van der Waals surface area contributed by atoms with Gasteiger partial charge < -0.3 is 20.5 Å². The largest absolute Gasteiger partial charge is 0.386 e. The molecule has 7 nitrogen and oxygen atoms in total. The first-order chi connectivity index (χ1) is 8.98. The molecular weight excluding hydrogens is 270 g/mol. The summed E-state index contributed by atoms with van der Waals surface area (Å²) in [5.41, 5.74) is -0.775. The van der Waals surface area contributed by atoms with E-state index in [0.29, 0.717) is 18.2 Å². The highest BCUT2D eigenvalue weighted by atomic mass is 32.1. The number of amides is 2. The Morgan fingerprint density at radius 3 is 3.05 bits per heavy atom. The minimum absolute atomic E-state index is 0.124. The predicted octanol–water partition coefficient (Wildman–Crippen LogP) is -0.0173. The molecule has 1 aromatic rings. The fourth-order valence-corrected chi connectivity index (χ4v) is 2.39. The average molecular weight is 285 g/mol. The second-order valence-corrected chi connectivity index (χ2v) is 5.29. The SMILES string of the molecule is CC(=O)Nc1nc(C(=O)NCC2(O)CCOC2)cs1. The Hall–Kier alpha value is -1.51. The van der Waals surface area contributed by atoms with Crippen molar-refractivity contribution in [1.29, 1.82) is 0 Å². The quantitative estimate of drug-likeness (QED) is 0.722. The monoisotopic (exact) mass is 285 g/mol. The van der Waals surface area contributed by atoms with Crippen LogP contribution < -0.4 is 10.6 Å². The van der Waals surface area contributed by atoms with Gasteiger partial charge in [-0.25, -0.2) is 4.98 Å². The van der Waals surface area contributed by atoms with Gasteiger partial charge in [0.15, 0.2) is 5.13 Å². The zero-order valence-corrected chi connectivity index (χ0v) is 11.2. The van der Waals surface area contributed by atoms with Crippen LogP contribution in [0.25, 0.3) is 0 Å². The molecule has 0 bridgehead atoms. The summed E-state index contributed by atoms with van der Waals surface area (Å²) in [7, 11) is 0. The van der Waals surface area contributed by atoms with Crippen molar-refractivity contribution in [2.75, 3.05) is 25.1 Å². The molecule has 3 N–H and O–H groups in total. The fraction of sp³-hybridized carbons (Fsp3) is 0.545. The van der Waals surface area contributed by atoms with Crippen LogP contribution >= 0.6 is 11.3 Å². The van der Waals surface area contributed by atoms with Crippen molar-refractivity contribution in [2.24, 2.45) is 0 Å². The van der Waals surface area contributed by atoms with E-state index >= 15 is 0 Å². The van der Waals surface area contributed by atoms with Gasteiger partial charge in [-0.2, -0.15) is 0 Å². The third kappa shape index (κ3) is 3.72. The van der Waals surface area contributed by atoms with E-state index in [1.54, 1.807) is 5.38 Å². The van der Waals surface area contributed by atoms with Crippen LogP contribution in [0.2, 0.25) is 0 Å². The molecule has 0 aromatic carbocycles. The summed E-state index contributed by atoms with van der Waals surface area (Å²) in [6.45, 7) is 2.22. The smallest absolute Gasteiger partial charge is 0.270 e. The van der Waals surface area contributed by atoms with Gasteiger partial charge in [0.2, 0.25) is 5.91 Å². The van der Waals surface area contributed by atoms with Crippen LogP contribution in [0, 0.1) is 0 Å². The summed E-state index contributed by atoms with van der Waals surface area (Å²) in [5, 5.41) is 17.0. The number of carbonyl (C=O) groups excluding carboxylic acids is 2. The van der Waals surface area contributed by atoms with Crippen molar-refractivity contribution in [1.82, 2.24) is 10.3 Å². The lowest BCUT2D eigenvalue weighted by Crippen LogP contribution is -2.43. The summed E-state index contributed by atoms with van der Waals surface area (Å²) in [5.74, 6) is -0.619. The maximum absolute atomic E-state index is 11.8. The Morgan fingerprint density at radius 2 is 2.42 bits per heavy atom. The summed E-state index contributed by atoms with van der Waals surface area (Å²) in [6, 6.07) is 0. The van der Waals surface area contributed by atoms with Crippen LogP contribution in [0.4, 0.5) is 5.13 Å². The Bertz CT molecular complexity index is 482. The van der Waals surface area contributed by atoms with Crippen LogP contribution in [0.5, 0.6) is 0 Å². The molecule has 1 aromatic heterocycles. The van der Waals surface area contributed by atoms with Gasteiger partial charge in [-0.3, -0.25) is 9.59 Å². The van der Waals surface area contributed by atoms with Crippen LogP contribution in [0.15, 0.2) is 5.38 Å². The van der Waals surface area contributed by atoms with E-state index < -0.39 is 5.60 Å². The number of aliphatic hydroxyl groups is 1. The van der Waals surface area contributed by atoms with Crippen molar-refractivity contribution >= 4 is 28.3 Å². The first-order valence-electron chi connectivity index (χ1n) is 5.80. The molecule has 1 aliphatic heterocycles. The van der Waals surface area contributed by atoms with Gasteiger partial charge in [0, 0.05) is 31.9 Å². The first kappa shape index (κ1) is 13.9. The zero-order chi connectivity index (χ0) is 13.9. The molecule has 104 valence electrons. The molecule has 2 rings (SSSR count). The van der Waals surface area contributed by atoms with Crippen LogP contribution in [-0.2, 0) is 9.53 Å². The van der Waals surface area contributed by atoms with Crippen molar-refractivity contribution in [3.63, 3.8) is 0 Å². The Kier molecular flexibility index (Phi) is 4.13. The number of rotatable bonds is 4. The molecule has 8 heteroatoms. The first-order valence-corrected chi connectivity index (χ1v) is 6.68. The Labute approximate surface area is 114 Å². The van der Waals surface area contributed by atoms with Gasteiger partial charge in [0.25, 0.3) is 5.91 Å². The van der Waals surface area contributed by atoms with Gasteiger partial charge in [-0.1, -0.05) is 0 Å². The van der Waals surface area contributed by atoms with E-state index in [0.717, 1.165) is 0 Å². The van der Waals surface area contributed by atoms with Crippen molar-refractivity contribution in [2.45, 2.75) is 18.9 Å². The Morgan fingerprint density at radius 1 is 1.63 bits per heavy atom. The second-order valence-electron chi connectivity index (χ2n) is 4.43. The number of hydrogen-bond donors (Lipinski definition) is 3. The van der Waals surface area contributed by atoms with Crippen molar-refractivity contribution < 1.29 is 19.4 Å². The number of hydrogen-bond acceptors (Lipinski definition) is 6. The lowest BCUT2D eigenvalue weighted by molar-refractivity contribution is -0.114. The van der Waals surface area contributed by atoms with Gasteiger partial charge >= 0.3 is 0 Å². The molecule has 2 heterocycles. The molecule has 0 aliphatic carbocycles. The second kappa shape index (κ2) is 5.64. The number of nitrogens with one attached hydrogen (secondary N) is 2. The Balaban J connectivity index is 1.89. The predicted molar refractivity (Wildman–Crippen MR) is 69.1 cm³/mol. The summed E-state index contributed by atoms with van der Waals surface area (Å²) in [6.07, 6.45) is 0.501. The third-order valence-corrected chi connectivity index (χ3v) is 3.44.